The number of benzene rings is 2. The summed E-state index contributed by atoms with van der Waals surface area (Å²) in [7, 11) is 0. The Hall–Kier alpha value is -1.92. The monoisotopic (exact) mass is 361 g/mol. The van der Waals surface area contributed by atoms with Crippen molar-refractivity contribution >= 4 is 54.2 Å². The highest BCUT2D eigenvalue weighted by Gasteiger charge is 2.09. The molecule has 4 nitrogen and oxygen atoms in total. The van der Waals surface area contributed by atoms with Gasteiger partial charge in [0.15, 0.2) is 5.13 Å². The lowest BCUT2D eigenvalue weighted by atomic mass is 10.2. The standard InChI is InChI=1S/C15H12BrN3OS/c1-8-2-4-10(7-11(8)16)18-14(20)9-3-5-12-13(6-9)21-15(17)19-12/h2-7H,1H3,(H2,17,19)(H,18,20). The number of aryl methyl sites for hydroxylation is 1. The van der Waals surface area contributed by atoms with Crippen LogP contribution in [0.15, 0.2) is 40.9 Å². The summed E-state index contributed by atoms with van der Waals surface area (Å²) in [5.41, 5.74) is 8.94. The molecule has 3 aromatic rings. The third kappa shape index (κ3) is 2.91. The van der Waals surface area contributed by atoms with Gasteiger partial charge in [-0.2, -0.15) is 0 Å². The molecular formula is C15H12BrN3OS. The van der Waals surface area contributed by atoms with E-state index in [1.54, 1.807) is 6.07 Å². The van der Waals surface area contributed by atoms with Crippen LogP contribution in [0.5, 0.6) is 0 Å². The van der Waals surface area contributed by atoms with Crippen molar-refractivity contribution in [3.05, 3.63) is 52.0 Å². The molecule has 0 bridgehead atoms. The quantitative estimate of drug-likeness (QED) is 0.718. The van der Waals surface area contributed by atoms with Gasteiger partial charge in [0.1, 0.15) is 0 Å². The third-order valence-electron chi connectivity index (χ3n) is 3.10. The minimum atomic E-state index is -0.153. The lowest BCUT2D eigenvalue weighted by Crippen LogP contribution is -2.11. The average Bonchev–Trinajstić information content (AvgIpc) is 2.82. The number of halogens is 1. The van der Waals surface area contributed by atoms with Gasteiger partial charge >= 0.3 is 0 Å². The minimum Gasteiger partial charge on any atom is -0.375 e. The molecule has 21 heavy (non-hydrogen) atoms. The highest BCUT2D eigenvalue weighted by Crippen LogP contribution is 2.25. The number of anilines is 2. The van der Waals surface area contributed by atoms with Gasteiger partial charge in [-0.1, -0.05) is 33.3 Å². The Labute approximate surface area is 134 Å². The Balaban J connectivity index is 1.87. The molecule has 6 heteroatoms. The fourth-order valence-electron chi connectivity index (χ4n) is 1.96. The van der Waals surface area contributed by atoms with Crippen LogP contribution in [0.2, 0.25) is 0 Å². The van der Waals surface area contributed by atoms with Gasteiger partial charge in [0.2, 0.25) is 0 Å². The van der Waals surface area contributed by atoms with Crippen LogP contribution in [0.3, 0.4) is 0 Å². The Bertz CT molecular complexity index is 844. The van der Waals surface area contributed by atoms with Crippen LogP contribution < -0.4 is 11.1 Å². The zero-order valence-electron chi connectivity index (χ0n) is 11.2. The maximum absolute atomic E-state index is 12.3. The van der Waals surface area contributed by atoms with Gasteiger partial charge in [-0.25, -0.2) is 4.98 Å². The van der Waals surface area contributed by atoms with E-state index in [0.29, 0.717) is 10.7 Å². The molecule has 1 amide bonds. The van der Waals surface area contributed by atoms with Gasteiger partial charge in [-0.15, -0.1) is 0 Å². The molecule has 0 radical (unpaired) electrons. The predicted octanol–water partition coefficient (Wildman–Crippen LogP) is 4.20. The molecule has 2 aromatic carbocycles. The van der Waals surface area contributed by atoms with E-state index in [9.17, 15) is 4.79 Å². The molecule has 0 aliphatic heterocycles. The molecule has 3 rings (SSSR count). The molecule has 0 atom stereocenters. The molecule has 0 unspecified atom stereocenters. The summed E-state index contributed by atoms with van der Waals surface area (Å²) >= 11 is 4.83. The summed E-state index contributed by atoms with van der Waals surface area (Å²) < 4.78 is 1.87. The maximum Gasteiger partial charge on any atom is 0.255 e. The second kappa shape index (κ2) is 5.46. The summed E-state index contributed by atoms with van der Waals surface area (Å²) in [4.78, 5) is 16.5. The van der Waals surface area contributed by atoms with Crippen LogP contribution in [0.25, 0.3) is 10.2 Å². The first-order valence-corrected chi connectivity index (χ1v) is 7.87. The highest BCUT2D eigenvalue weighted by atomic mass is 79.9. The van der Waals surface area contributed by atoms with E-state index in [1.165, 1.54) is 11.3 Å². The zero-order valence-corrected chi connectivity index (χ0v) is 13.6. The number of carbonyl (C=O) groups is 1. The molecule has 0 spiro atoms. The number of amides is 1. The second-order valence-electron chi connectivity index (χ2n) is 4.65. The van der Waals surface area contributed by atoms with Crippen molar-refractivity contribution in [2.24, 2.45) is 0 Å². The van der Waals surface area contributed by atoms with Crippen molar-refractivity contribution in [3.8, 4) is 0 Å². The van der Waals surface area contributed by atoms with E-state index in [0.717, 1.165) is 25.9 Å². The number of carbonyl (C=O) groups excluding carboxylic acids is 1. The predicted molar refractivity (Wildman–Crippen MR) is 90.9 cm³/mol. The number of rotatable bonds is 2. The zero-order chi connectivity index (χ0) is 15.0. The average molecular weight is 362 g/mol. The van der Waals surface area contributed by atoms with Crippen LogP contribution in [-0.4, -0.2) is 10.9 Å². The normalized spacial score (nSPS) is 10.8. The van der Waals surface area contributed by atoms with Crippen LogP contribution in [0.1, 0.15) is 15.9 Å². The molecule has 0 saturated carbocycles. The van der Waals surface area contributed by atoms with Crippen molar-refractivity contribution in [3.63, 3.8) is 0 Å². The molecule has 0 saturated heterocycles. The molecule has 1 heterocycles. The molecule has 1 aromatic heterocycles. The van der Waals surface area contributed by atoms with Gasteiger partial charge in [0, 0.05) is 15.7 Å². The summed E-state index contributed by atoms with van der Waals surface area (Å²) in [5.74, 6) is -0.153. The SMILES string of the molecule is Cc1ccc(NC(=O)c2ccc3nc(N)sc3c2)cc1Br. The number of hydrogen-bond acceptors (Lipinski definition) is 4. The van der Waals surface area contributed by atoms with E-state index in [1.807, 2.05) is 37.3 Å². The van der Waals surface area contributed by atoms with E-state index >= 15 is 0 Å². The highest BCUT2D eigenvalue weighted by molar-refractivity contribution is 9.10. The number of nitrogens with two attached hydrogens (primary N) is 1. The molecule has 3 N–H and O–H groups in total. The van der Waals surface area contributed by atoms with Gasteiger partial charge in [-0.05, 0) is 42.8 Å². The second-order valence-corrected chi connectivity index (χ2v) is 6.57. The number of hydrogen-bond donors (Lipinski definition) is 2. The van der Waals surface area contributed by atoms with E-state index < -0.39 is 0 Å². The summed E-state index contributed by atoms with van der Waals surface area (Å²) in [5, 5.41) is 3.39. The topological polar surface area (TPSA) is 68.0 Å². The van der Waals surface area contributed by atoms with Crippen LogP contribution in [0, 0.1) is 6.92 Å². The van der Waals surface area contributed by atoms with E-state index in [-0.39, 0.29) is 5.91 Å². The largest absolute Gasteiger partial charge is 0.375 e. The first kappa shape index (κ1) is 14.0. The summed E-state index contributed by atoms with van der Waals surface area (Å²) in [6.07, 6.45) is 0. The van der Waals surface area contributed by atoms with Crippen LogP contribution in [-0.2, 0) is 0 Å². The summed E-state index contributed by atoms with van der Waals surface area (Å²) in [6, 6.07) is 11.1. The molecular weight excluding hydrogens is 350 g/mol. The minimum absolute atomic E-state index is 0.153. The van der Waals surface area contributed by atoms with Gasteiger partial charge < -0.3 is 11.1 Å². The fraction of sp³-hybridized carbons (Fsp3) is 0.0667. The van der Waals surface area contributed by atoms with Crippen molar-refractivity contribution in [1.29, 1.82) is 0 Å². The maximum atomic E-state index is 12.3. The smallest absolute Gasteiger partial charge is 0.255 e. The van der Waals surface area contributed by atoms with Gasteiger partial charge in [0.05, 0.1) is 10.2 Å². The molecule has 0 aliphatic carbocycles. The Morgan fingerprint density at radius 2 is 2.10 bits per heavy atom. The third-order valence-corrected chi connectivity index (χ3v) is 4.80. The first-order chi connectivity index (χ1) is 10.0. The van der Waals surface area contributed by atoms with Crippen LogP contribution in [0.4, 0.5) is 10.8 Å². The number of nitrogen functional groups attached to an aromatic ring is 1. The Morgan fingerprint density at radius 1 is 1.29 bits per heavy atom. The number of fused-ring (bicyclic) bond motifs is 1. The number of thiazole rings is 1. The van der Waals surface area contributed by atoms with E-state index in [2.05, 4.69) is 26.2 Å². The fourth-order valence-corrected chi connectivity index (χ4v) is 3.11. The first-order valence-electron chi connectivity index (χ1n) is 6.26. The number of aromatic nitrogens is 1. The molecule has 106 valence electrons. The lowest BCUT2D eigenvalue weighted by Gasteiger charge is -2.07. The Morgan fingerprint density at radius 3 is 2.86 bits per heavy atom. The van der Waals surface area contributed by atoms with Crippen molar-refractivity contribution in [1.82, 2.24) is 4.98 Å². The molecule has 0 fully saturated rings. The molecule has 0 aliphatic rings. The van der Waals surface area contributed by atoms with Gasteiger partial charge in [0.25, 0.3) is 5.91 Å². The Kier molecular flexibility index (Phi) is 3.65. The van der Waals surface area contributed by atoms with Crippen LogP contribution >= 0.6 is 27.3 Å². The van der Waals surface area contributed by atoms with E-state index in [4.69, 9.17) is 5.73 Å². The lowest BCUT2D eigenvalue weighted by molar-refractivity contribution is 0.102. The van der Waals surface area contributed by atoms with Crippen molar-refractivity contribution < 1.29 is 4.79 Å². The van der Waals surface area contributed by atoms with Crippen molar-refractivity contribution in [2.45, 2.75) is 6.92 Å². The number of nitrogens with zero attached hydrogens (tertiary/aromatic N) is 1. The summed E-state index contributed by atoms with van der Waals surface area (Å²) in [6.45, 7) is 2.00. The van der Waals surface area contributed by atoms with Gasteiger partial charge in [-0.3, -0.25) is 4.79 Å². The number of nitrogens with one attached hydrogen (secondary N) is 1. The van der Waals surface area contributed by atoms with Crippen molar-refractivity contribution in [2.75, 3.05) is 11.1 Å².